The van der Waals surface area contributed by atoms with Gasteiger partial charge in [0.1, 0.15) is 5.76 Å². The third-order valence-corrected chi connectivity index (χ3v) is 6.64. The molecule has 3 heterocycles. The molecule has 1 aromatic heterocycles. The minimum Gasteiger partial charge on any atom is -0.361 e. The molecule has 25 heavy (non-hydrogen) atoms. The molecule has 0 aliphatic carbocycles. The Morgan fingerprint density at radius 3 is 2.72 bits per heavy atom. The number of nitrogens with zero attached hydrogens (tertiary/aromatic N) is 3. The average molecular weight is 366 g/mol. The highest BCUT2D eigenvalue weighted by atomic mass is 32.2. The average Bonchev–Trinajstić information content (AvgIpc) is 2.81. The molecule has 1 aromatic rings. The Hall–Kier alpha value is -1.01. The van der Waals surface area contributed by atoms with E-state index >= 15 is 0 Å². The Kier molecular flexibility index (Phi) is 6.82. The van der Waals surface area contributed by atoms with Crippen molar-refractivity contribution in [1.82, 2.24) is 15.0 Å². The van der Waals surface area contributed by atoms with Crippen molar-refractivity contribution in [2.75, 3.05) is 37.7 Å². The van der Waals surface area contributed by atoms with E-state index in [9.17, 15) is 4.79 Å². The highest BCUT2D eigenvalue weighted by molar-refractivity contribution is 7.99. The SMILES string of the molecule is Cc1noc(C)c1CCC(=O)N1CCCSCC1CN1CCCCC1. The van der Waals surface area contributed by atoms with Crippen LogP contribution in [0.25, 0.3) is 0 Å². The molecule has 1 amide bonds. The molecule has 6 heteroatoms. The number of likely N-dealkylation sites (tertiary alicyclic amines) is 1. The van der Waals surface area contributed by atoms with Crippen molar-refractivity contribution < 1.29 is 9.32 Å². The van der Waals surface area contributed by atoms with Gasteiger partial charge < -0.3 is 14.3 Å². The summed E-state index contributed by atoms with van der Waals surface area (Å²) in [7, 11) is 0. The van der Waals surface area contributed by atoms with Crippen LogP contribution in [0.1, 0.15) is 49.1 Å². The van der Waals surface area contributed by atoms with Gasteiger partial charge in [0.15, 0.2) is 0 Å². The summed E-state index contributed by atoms with van der Waals surface area (Å²) in [6, 6.07) is 0.364. The van der Waals surface area contributed by atoms with E-state index < -0.39 is 0 Å². The first-order chi connectivity index (χ1) is 12.1. The lowest BCUT2D eigenvalue weighted by Gasteiger charge is -2.36. The second-order valence-corrected chi connectivity index (χ2v) is 8.48. The summed E-state index contributed by atoms with van der Waals surface area (Å²) in [5.41, 5.74) is 2.02. The molecule has 1 unspecified atom stereocenters. The fourth-order valence-corrected chi connectivity index (χ4v) is 5.04. The predicted molar refractivity (Wildman–Crippen MR) is 102 cm³/mol. The van der Waals surface area contributed by atoms with E-state index in [4.69, 9.17) is 4.52 Å². The maximum Gasteiger partial charge on any atom is 0.223 e. The van der Waals surface area contributed by atoms with Crippen LogP contribution < -0.4 is 0 Å². The monoisotopic (exact) mass is 365 g/mol. The molecule has 2 fully saturated rings. The summed E-state index contributed by atoms with van der Waals surface area (Å²) in [6.45, 7) is 8.24. The Labute approximate surface area is 155 Å². The summed E-state index contributed by atoms with van der Waals surface area (Å²) in [6.07, 6.45) is 6.37. The summed E-state index contributed by atoms with van der Waals surface area (Å²) in [5, 5.41) is 4.00. The molecule has 0 spiro atoms. The summed E-state index contributed by atoms with van der Waals surface area (Å²) < 4.78 is 5.23. The molecule has 0 aromatic carbocycles. The largest absolute Gasteiger partial charge is 0.361 e. The Morgan fingerprint density at radius 2 is 2.00 bits per heavy atom. The van der Waals surface area contributed by atoms with Crippen LogP contribution in [-0.2, 0) is 11.2 Å². The van der Waals surface area contributed by atoms with Crippen molar-refractivity contribution in [3.8, 4) is 0 Å². The topological polar surface area (TPSA) is 49.6 Å². The zero-order valence-electron chi connectivity index (χ0n) is 15.6. The number of aryl methyl sites for hydroxylation is 2. The smallest absolute Gasteiger partial charge is 0.223 e. The van der Waals surface area contributed by atoms with Crippen LogP contribution in [0.3, 0.4) is 0 Å². The normalized spacial score (nSPS) is 22.8. The highest BCUT2D eigenvalue weighted by Gasteiger charge is 2.28. The molecule has 0 N–H and O–H groups in total. The number of piperidine rings is 1. The first-order valence-corrected chi connectivity index (χ1v) is 10.8. The Bertz CT molecular complexity index is 550. The number of aromatic nitrogens is 1. The van der Waals surface area contributed by atoms with Crippen LogP contribution in [0.2, 0.25) is 0 Å². The number of thioether (sulfide) groups is 1. The first kappa shape index (κ1) is 18.8. The molecule has 140 valence electrons. The first-order valence-electron chi connectivity index (χ1n) is 9.66. The fourth-order valence-electron chi connectivity index (χ4n) is 3.98. The highest BCUT2D eigenvalue weighted by Crippen LogP contribution is 2.21. The van der Waals surface area contributed by atoms with Crippen molar-refractivity contribution in [3.05, 3.63) is 17.0 Å². The van der Waals surface area contributed by atoms with Crippen LogP contribution >= 0.6 is 11.8 Å². The maximum atomic E-state index is 13.0. The van der Waals surface area contributed by atoms with Gasteiger partial charge in [-0.05, 0) is 58.4 Å². The predicted octanol–water partition coefficient (Wildman–Crippen LogP) is 3.04. The van der Waals surface area contributed by atoms with E-state index in [0.29, 0.717) is 18.4 Å². The van der Waals surface area contributed by atoms with E-state index in [2.05, 4.69) is 15.0 Å². The van der Waals surface area contributed by atoms with E-state index in [0.717, 1.165) is 48.7 Å². The van der Waals surface area contributed by atoms with Crippen LogP contribution in [-0.4, -0.2) is 64.6 Å². The van der Waals surface area contributed by atoms with Gasteiger partial charge in [0, 0.05) is 30.8 Å². The van der Waals surface area contributed by atoms with E-state index in [1.807, 2.05) is 25.6 Å². The fraction of sp³-hybridized carbons (Fsp3) is 0.789. The van der Waals surface area contributed by atoms with E-state index in [1.165, 1.54) is 38.1 Å². The van der Waals surface area contributed by atoms with Crippen molar-refractivity contribution in [1.29, 1.82) is 0 Å². The number of carbonyl (C=O) groups is 1. The lowest BCUT2D eigenvalue weighted by Crippen LogP contribution is -2.49. The molecule has 2 aliphatic rings. The van der Waals surface area contributed by atoms with E-state index in [-0.39, 0.29) is 0 Å². The van der Waals surface area contributed by atoms with Gasteiger partial charge in [0.2, 0.25) is 5.91 Å². The van der Waals surface area contributed by atoms with Gasteiger partial charge in [-0.1, -0.05) is 11.6 Å². The van der Waals surface area contributed by atoms with Gasteiger partial charge >= 0.3 is 0 Å². The minimum atomic E-state index is 0.296. The van der Waals surface area contributed by atoms with Crippen LogP contribution in [0.4, 0.5) is 0 Å². The third kappa shape index (κ3) is 5.00. The van der Waals surface area contributed by atoms with Gasteiger partial charge in [-0.15, -0.1) is 0 Å². The molecule has 1 atom stereocenters. The number of hydrogen-bond acceptors (Lipinski definition) is 5. The standard InChI is InChI=1S/C19H31N3O2S/c1-15-18(16(2)24-20-15)7-8-19(23)22-11-6-12-25-14-17(22)13-21-9-4-3-5-10-21/h17H,3-14H2,1-2H3. The molecule has 2 aliphatic heterocycles. The van der Waals surface area contributed by atoms with Gasteiger partial charge in [-0.25, -0.2) is 0 Å². The number of rotatable bonds is 5. The molecule has 0 saturated carbocycles. The van der Waals surface area contributed by atoms with E-state index in [1.54, 1.807) is 0 Å². The maximum absolute atomic E-state index is 13.0. The molecular weight excluding hydrogens is 334 g/mol. The Balaban J connectivity index is 1.60. The molecule has 0 radical (unpaired) electrons. The molecule has 5 nitrogen and oxygen atoms in total. The minimum absolute atomic E-state index is 0.296. The van der Waals surface area contributed by atoms with Crippen molar-refractivity contribution >= 4 is 17.7 Å². The summed E-state index contributed by atoms with van der Waals surface area (Å²) in [5.74, 6) is 3.39. The number of hydrogen-bond donors (Lipinski definition) is 0. The number of amides is 1. The van der Waals surface area contributed by atoms with Crippen molar-refractivity contribution in [2.24, 2.45) is 0 Å². The van der Waals surface area contributed by atoms with Crippen molar-refractivity contribution in [3.63, 3.8) is 0 Å². The lowest BCUT2D eigenvalue weighted by atomic mass is 10.1. The van der Waals surface area contributed by atoms with Gasteiger partial charge in [-0.2, -0.15) is 11.8 Å². The van der Waals surface area contributed by atoms with Crippen LogP contribution in [0, 0.1) is 13.8 Å². The summed E-state index contributed by atoms with van der Waals surface area (Å²) >= 11 is 2.01. The van der Waals surface area contributed by atoms with Gasteiger partial charge in [0.05, 0.1) is 11.7 Å². The molecule has 3 rings (SSSR count). The summed E-state index contributed by atoms with van der Waals surface area (Å²) in [4.78, 5) is 17.7. The number of carbonyl (C=O) groups excluding carboxylic acids is 1. The van der Waals surface area contributed by atoms with Crippen molar-refractivity contribution in [2.45, 2.75) is 58.4 Å². The second-order valence-electron chi connectivity index (χ2n) is 7.33. The third-order valence-electron chi connectivity index (χ3n) is 5.45. The van der Waals surface area contributed by atoms with Crippen LogP contribution in [0.5, 0.6) is 0 Å². The second kappa shape index (κ2) is 9.08. The van der Waals surface area contributed by atoms with Gasteiger partial charge in [0.25, 0.3) is 0 Å². The molecule has 0 bridgehead atoms. The Morgan fingerprint density at radius 1 is 1.20 bits per heavy atom. The van der Waals surface area contributed by atoms with Crippen LogP contribution in [0.15, 0.2) is 4.52 Å². The zero-order valence-corrected chi connectivity index (χ0v) is 16.4. The van der Waals surface area contributed by atoms with Gasteiger partial charge in [-0.3, -0.25) is 4.79 Å². The quantitative estimate of drug-likeness (QED) is 0.803. The zero-order chi connectivity index (χ0) is 17.6. The molecule has 2 saturated heterocycles. The lowest BCUT2D eigenvalue weighted by molar-refractivity contribution is -0.133. The molecular formula is C19H31N3O2S.